The van der Waals surface area contributed by atoms with E-state index in [0.717, 1.165) is 18.8 Å². The summed E-state index contributed by atoms with van der Waals surface area (Å²) >= 11 is 0. The third kappa shape index (κ3) is 3.32. The molecule has 2 rings (SSSR count). The van der Waals surface area contributed by atoms with Gasteiger partial charge in [-0.3, -0.25) is 0 Å². The van der Waals surface area contributed by atoms with Crippen molar-refractivity contribution in [1.82, 2.24) is 4.98 Å². The van der Waals surface area contributed by atoms with Crippen LogP contribution in [0.2, 0.25) is 0 Å². The fraction of sp³-hybridized carbons (Fsp3) is 0.143. The number of benzene rings is 1. The van der Waals surface area contributed by atoms with Crippen LogP contribution >= 0.6 is 0 Å². The number of hydrogen-bond acceptors (Lipinski definition) is 3. The van der Waals surface area contributed by atoms with E-state index in [1.165, 1.54) is 5.56 Å². The lowest BCUT2D eigenvalue weighted by Gasteiger charge is -2.05. The maximum absolute atomic E-state index is 8.64. The topological polar surface area (TPSA) is 48.7 Å². The molecule has 2 aromatic rings. The average Bonchev–Trinajstić information content (AvgIpc) is 2.41. The number of anilines is 1. The number of rotatable bonds is 4. The average molecular weight is 223 g/mol. The molecule has 3 nitrogen and oxygen atoms in total. The summed E-state index contributed by atoms with van der Waals surface area (Å²) in [5.41, 5.74) is 1.88. The Morgan fingerprint density at radius 1 is 1.12 bits per heavy atom. The molecule has 0 amide bonds. The molecule has 0 bridgehead atoms. The first-order valence-electron chi connectivity index (χ1n) is 5.52. The van der Waals surface area contributed by atoms with Gasteiger partial charge in [-0.2, -0.15) is 5.26 Å². The number of aromatic nitrogens is 1. The maximum Gasteiger partial charge on any atom is 0.125 e. The molecule has 0 radical (unpaired) electrons. The van der Waals surface area contributed by atoms with E-state index >= 15 is 0 Å². The molecule has 1 aromatic heterocycles. The minimum Gasteiger partial charge on any atom is -0.370 e. The predicted octanol–water partition coefficient (Wildman–Crippen LogP) is 2.61. The quantitative estimate of drug-likeness (QED) is 0.866. The largest absolute Gasteiger partial charge is 0.370 e. The van der Waals surface area contributed by atoms with E-state index in [4.69, 9.17) is 5.26 Å². The van der Waals surface area contributed by atoms with Crippen molar-refractivity contribution in [2.75, 3.05) is 11.9 Å². The molecular formula is C14H13N3. The second-order valence-corrected chi connectivity index (χ2v) is 3.71. The summed E-state index contributed by atoms with van der Waals surface area (Å²) in [6.07, 6.45) is 2.54. The number of pyridine rings is 1. The van der Waals surface area contributed by atoms with Crippen molar-refractivity contribution < 1.29 is 0 Å². The Morgan fingerprint density at radius 2 is 1.94 bits per heavy atom. The number of nitrogens with one attached hydrogen (secondary N) is 1. The van der Waals surface area contributed by atoms with Crippen molar-refractivity contribution in [3.05, 3.63) is 59.8 Å². The van der Waals surface area contributed by atoms with Gasteiger partial charge in [0.05, 0.1) is 5.56 Å². The highest BCUT2D eigenvalue weighted by Gasteiger charge is 1.95. The van der Waals surface area contributed by atoms with E-state index in [1.807, 2.05) is 30.3 Å². The molecule has 1 N–H and O–H groups in total. The first-order valence-corrected chi connectivity index (χ1v) is 5.52. The van der Waals surface area contributed by atoms with E-state index in [2.05, 4.69) is 22.4 Å². The lowest BCUT2D eigenvalue weighted by Crippen LogP contribution is -2.05. The Bertz CT molecular complexity index is 497. The van der Waals surface area contributed by atoms with Gasteiger partial charge in [0.15, 0.2) is 0 Å². The van der Waals surface area contributed by atoms with Crippen molar-refractivity contribution in [2.45, 2.75) is 6.42 Å². The maximum atomic E-state index is 8.64. The van der Waals surface area contributed by atoms with Crippen LogP contribution in [-0.2, 0) is 6.42 Å². The molecule has 0 saturated heterocycles. The molecule has 0 unspecified atom stereocenters. The lowest BCUT2D eigenvalue weighted by atomic mass is 10.1. The Morgan fingerprint density at radius 3 is 2.59 bits per heavy atom. The highest BCUT2D eigenvalue weighted by atomic mass is 15.0. The molecule has 1 aromatic carbocycles. The predicted molar refractivity (Wildman–Crippen MR) is 67.6 cm³/mol. The van der Waals surface area contributed by atoms with Crippen molar-refractivity contribution >= 4 is 5.82 Å². The van der Waals surface area contributed by atoms with Crippen molar-refractivity contribution in [2.24, 2.45) is 0 Å². The van der Waals surface area contributed by atoms with Gasteiger partial charge in [0.2, 0.25) is 0 Å². The van der Waals surface area contributed by atoms with Crippen LogP contribution in [0.4, 0.5) is 5.82 Å². The van der Waals surface area contributed by atoms with Gasteiger partial charge in [-0.15, -0.1) is 0 Å². The summed E-state index contributed by atoms with van der Waals surface area (Å²) in [5, 5.41) is 11.9. The van der Waals surface area contributed by atoms with Gasteiger partial charge in [-0.1, -0.05) is 30.3 Å². The van der Waals surface area contributed by atoms with Crippen LogP contribution in [0.25, 0.3) is 0 Å². The molecule has 84 valence electrons. The van der Waals surface area contributed by atoms with Gasteiger partial charge >= 0.3 is 0 Å². The molecule has 0 saturated carbocycles. The fourth-order valence-electron chi connectivity index (χ4n) is 1.54. The van der Waals surface area contributed by atoms with Gasteiger partial charge in [-0.25, -0.2) is 4.98 Å². The highest BCUT2D eigenvalue weighted by molar-refractivity contribution is 5.39. The molecule has 0 aliphatic rings. The zero-order valence-corrected chi connectivity index (χ0v) is 9.43. The highest BCUT2D eigenvalue weighted by Crippen LogP contribution is 2.05. The SMILES string of the molecule is N#Cc1ccc(NCCc2ccccc2)nc1. The molecule has 0 fully saturated rings. The molecule has 0 atom stereocenters. The van der Waals surface area contributed by atoms with Crippen LogP contribution in [0.3, 0.4) is 0 Å². The smallest absolute Gasteiger partial charge is 0.125 e. The lowest BCUT2D eigenvalue weighted by molar-refractivity contribution is 1.01. The summed E-state index contributed by atoms with van der Waals surface area (Å²) in [7, 11) is 0. The second kappa shape index (κ2) is 5.66. The number of hydrogen-bond donors (Lipinski definition) is 1. The first kappa shape index (κ1) is 11.2. The Kier molecular flexibility index (Phi) is 3.72. The molecule has 3 heteroatoms. The van der Waals surface area contributed by atoms with Crippen LogP contribution in [0.1, 0.15) is 11.1 Å². The number of nitrogens with zero attached hydrogens (tertiary/aromatic N) is 2. The second-order valence-electron chi connectivity index (χ2n) is 3.71. The first-order chi connectivity index (χ1) is 8.38. The monoisotopic (exact) mass is 223 g/mol. The van der Waals surface area contributed by atoms with Gasteiger partial charge in [0.1, 0.15) is 11.9 Å². The van der Waals surface area contributed by atoms with Gasteiger partial charge < -0.3 is 5.32 Å². The summed E-state index contributed by atoms with van der Waals surface area (Å²) in [5.74, 6) is 0.805. The van der Waals surface area contributed by atoms with Crippen LogP contribution in [0.5, 0.6) is 0 Å². The van der Waals surface area contributed by atoms with Gasteiger partial charge in [-0.05, 0) is 24.1 Å². The Hall–Kier alpha value is -2.34. The van der Waals surface area contributed by atoms with Crippen LogP contribution in [0, 0.1) is 11.3 Å². The van der Waals surface area contributed by atoms with Crippen LogP contribution in [0.15, 0.2) is 48.7 Å². The normalized spacial score (nSPS) is 9.59. The summed E-state index contributed by atoms with van der Waals surface area (Å²) in [6, 6.07) is 15.9. The summed E-state index contributed by atoms with van der Waals surface area (Å²) < 4.78 is 0. The van der Waals surface area contributed by atoms with E-state index in [-0.39, 0.29) is 0 Å². The van der Waals surface area contributed by atoms with Crippen LogP contribution < -0.4 is 5.32 Å². The minimum atomic E-state index is 0.582. The zero-order chi connectivity index (χ0) is 11.9. The Labute approximate surface area is 101 Å². The van der Waals surface area contributed by atoms with E-state index in [1.54, 1.807) is 12.3 Å². The molecular weight excluding hydrogens is 210 g/mol. The van der Waals surface area contributed by atoms with Crippen molar-refractivity contribution in [3.8, 4) is 6.07 Å². The van der Waals surface area contributed by atoms with Crippen LogP contribution in [-0.4, -0.2) is 11.5 Å². The van der Waals surface area contributed by atoms with Gasteiger partial charge in [0, 0.05) is 12.7 Å². The van der Waals surface area contributed by atoms with Crippen molar-refractivity contribution in [1.29, 1.82) is 5.26 Å². The molecule has 1 heterocycles. The number of nitriles is 1. The zero-order valence-electron chi connectivity index (χ0n) is 9.43. The molecule has 0 aliphatic heterocycles. The van der Waals surface area contributed by atoms with E-state index in [0.29, 0.717) is 5.56 Å². The minimum absolute atomic E-state index is 0.582. The molecule has 17 heavy (non-hydrogen) atoms. The third-order valence-corrected chi connectivity index (χ3v) is 2.46. The Balaban J connectivity index is 1.84. The van der Waals surface area contributed by atoms with Gasteiger partial charge in [0.25, 0.3) is 0 Å². The molecule has 0 aliphatic carbocycles. The third-order valence-electron chi connectivity index (χ3n) is 2.46. The van der Waals surface area contributed by atoms with E-state index in [9.17, 15) is 0 Å². The fourth-order valence-corrected chi connectivity index (χ4v) is 1.54. The van der Waals surface area contributed by atoms with Crippen molar-refractivity contribution in [3.63, 3.8) is 0 Å². The summed E-state index contributed by atoms with van der Waals surface area (Å²) in [4.78, 5) is 4.15. The molecule has 0 spiro atoms. The standard InChI is InChI=1S/C14H13N3/c15-10-13-6-7-14(17-11-13)16-9-8-12-4-2-1-3-5-12/h1-7,11H,8-9H2,(H,16,17). The van der Waals surface area contributed by atoms with E-state index < -0.39 is 0 Å². The summed E-state index contributed by atoms with van der Waals surface area (Å²) in [6.45, 7) is 0.836.